The number of hydrogen-bond donors (Lipinski definition) is 1. The molecule has 1 fully saturated rings. The van der Waals surface area contributed by atoms with Gasteiger partial charge in [-0.25, -0.2) is 4.98 Å². The molecule has 4 nitrogen and oxygen atoms in total. The van der Waals surface area contributed by atoms with E-state index in [1.165, 1.54) is 19.0 Å². The smallest absolute Gasteiger partial charge is 0.271 e. The molecule has 0 aromatic carbocycles. The number of nitrogens with zero attached hydrogens (tertiary/aromatic N) is 2. The van der Waals surface area contributed by atoms with Crippen LogP contribution in [-0.4, -0.2) is 21.9 Å². The van der Waals surface area contributed by atoms with Crippen molar-refractivity contribution in [1.29, 1.82) is 0 Å². The Balaban J connectivity index is 2.02. The van der Waals surface area contributed by atoms with Gasteiger partial charge in [0, 0.05) is 18.4 Å². The topological polar surface area (TPSA) is 54.9 Å². The van der Waals surface area contributed by atoms with E-state index in [1.807, 2.05) is 0 Å². The Bertz CT molecular complexity index is 407. The van der Waals surface area contributed by atoms with E-state index in [-0.39, 0.29) is 17.4 Å². The van der Waals surface area contributed by atoms with E-state index >= 15 is 0 Å². The fourth-order valence-electron chi connectivity index (χ4n) is 1.96. The molecular weight excluding hydrogens is 226 g/mol. The van der Waals surface area contributed by atoms with E-state index < -0.39 is 0 Å². The Morgan fingerprint density at radius 2 is 2.17 bits per heavy atom. The van der Waals surface area contributed by atoms with Crippen molar-refractivity contribution in [3.05, 3.63) is 24.3 Å². The number of carbonyl (C=O) groups is 1. The molecule has 1 aliphatic rings. The van der Waals surface area contributed by atoms with Crippen LogP contribution in [0.1, 0.15) is 50.5 Å². The Morgan fingerprint density at radius 1 is 1.44 bits per heavy atom. The molecule has 0 bridgehead atoms. The zero-order valence-corrected chi connectivity index (χ0v) is 11.3. The van der Waals surface area contributed by atoms with E-state index in [2.05, 4.69) is 36.1 Å². The lowest BCUT2D eigenvalue weighted by atomic mass is 9.83. The van der Waals surface area contributed by atoms with Gasteiger partial charge in [0.25, 0.3) is 5.91 Å². The van der Waals surface area contributed by atoms with E-state index in [9.17, 15) is 4.79 Å². The van der Waals surface area contributed by atoms with Crippen molar-refractivity contribution >= 4 is 5.91 Å². The zero-order valence-electron chi connectivity index (χ0n) is 11.3. The second kappa shape index (κ2) is 5.04. The molecule has 1 aromatic rings. The highest BCUT2D eigenvalue weighted by atomic mass is 16.1. The molecule has 1 saturated carbocycles. The van der Waals surface area contributed by atoms with E-state index in [1.54, 1.807) is 12.4 Å². The summed E-state index contributed by atoms with van der Waals surface area (Å²) in [7, 11) is 0. The molecule has 0 saturated heterocycles. The standard InChI is InChI=1S/C14H21N3O/c1-14(2,3)12(8-10-4-5-10)17-13(18)11-9-15-6-7-16-11/h6-7,9-10,12H,4-5,8H2,1-3H3,(H,17,18). The van der Waals surface area contributed by atoms with Crippen molar-refractivity contribution in [3.63, 3.8) is 0 Å². The molecule has 1 atom stereocenters. The summed E-state index contributed by atoms with van der Waals surface area (Å²) in [4.78, 5) is 20.0. The molecule has 1 aromatic heterocycles. The fourth-order valence-corrected chi connectivity index (χ4v) is 1.96. The van der Waals surface area contributed by atoms with Crippen molar-refractivity contribution in [3.8, 4) is 0 Å². The molecule has 1 unspecified atom stereocenters. The predicted molar refractivity (Wildman–Crippen MR) is 70.1 cm³/mol. The van der Waals surface area contributed by atoms with Crippen LogP contribution in [0.15, 0.2) is 18.6 Å². The van der Waals surface area contributed by atoms with Gasteiger partial charge >= 0.3 is 0 Å². The lowest BCUT2D eigenvalue weighted by Crippen LogP contribution is -2.44. The summed E-state index contributed by atoms with van der Waals surface area (Å²) < 4.78 is 0. The van der Waals surface area contributed by atoms with Crippen LogP contribution < -0.4 is 5.32 Å². The Labute approximate surface area is 108 Å². The molecule has 1 aliphatic carbocycles. The number of carbonyl (C=O) groups excluding carboxylic acids is 1. The minimum Gasteiger partial charge on any atom is -0.347 e. The third kappa shape index (κ3) is 3.52. The van der Waals surface area contributed by atoms with Gasteiger partial charge in [0.05, 0.1) is 6.20 Å². The van der Waals surface area contributed by atoms with Gasteiger partial charge in [0.15, 0.2) is 0 Å². The fraction of sp³-hybridized carbons (Fsp3) is 0.643. The van der Waals surface area contributed by atoms with Crippen LogP contribution in [0.5, 0.6) is 0 Å². The molecule has 0 spiro atoms. The maximum Gasteiger partial charge on any atom is 0.271 e. The first-order chi connectivity index (χ1) is 8.47. The lowest BCUT2D eigenvalue weighted by Gasteiger charge is -2.31. The maximum atomic E-state index is 12.1. The number of hydrogen-bond acceptors (Lipinski definition) is 3. The molecule has 2 rings (SSSR count). The van der Waals surface area contributed by atoms with Gasteiger partial charge in [-0.2, -0.15) is 0 Å². The first-order valence-electron chi connectivity index (χ1n) is 6.53. The third-order valence-corrected chi connectivity index (χ3v) is 3.41. The molecule has 0 aliphatic heterocycles. The van der Waals surface area contributed by atoms with Gasteiger partial charge < -0.3 is 5.32 Å². The van der Waals surface area contributed by atoms with Crippen LogP contribution in [0.3, 0.4) is 0 Å². The van der Waals surface area contributed by atoms with E-state index in [4.69, 9.17) is 0 Å². The maximum absolute atomic E-state index is 12.1. The quantitative estimate of drug-likeness (QED) is 0.889. The van der Waals surface area contributed by atoms with Crippen LogP contribution in [-0.2, 0) is 0 Å². The minimum atomic E-state index is -0.122. The van der Waals surface area contributed by atoms with Crippen LogP contribution in [0.2, 0.25) is 0 Å². The molecule has 98 valence electrons. The highest BCUT2D eigenvalue weighted by molar-refractivity contribution is 5.92. The Kier molecular flexibility index (Phi) is 3.64. The molecule has 1 amide bonds. The largest absolute Gasteiger partial charge is 0.347 e. The van der Waals surface area contributed by atoms with Crippen molar-refractivity contribution in [2.24, 2.45) is 11.3 Å². The van der Waals surface area contributed by atoms with Crippen molar-refractivity contribution in [2.45, 2.75) is 46.1 Å². The average Bonchev–Trinajstić information content (AvgIpc) is 3.12. The van der Waals surface area contributed by atoms with Crippen LogP contribution in [0.25, 0.3) is 0 Å². The van der Waals surface area contributed by atoms with Crippen LogP contribution >= 0.6 is 0 Å². The first kappa shape index (κ1) is 13.0. The number of rotatable bonds is 4. The van der Waals surface area contributed by atoms with Crippen LogP contribution in [0, 0.1) is 11.3 Å². The van der Waals surface area contributed by atoms with Crippen molar-refractivity contribution in [1.82, 2.24) is 15.3 Å². The molecule has 4 heteroatoms. The van der Waals surface area contributed by atoms with Gasteiger partial charge in [0.1, 0.15) is 5.69 Å². The number of amides is 1. The van der Waals surface area contributed by atoms with E-state index in [0.29, 0.717) is 5.69 Å². The summed E-state index contributed by atoms with van der Waals surface area (Å²) >= 11 is 0. The summed E-state index contributed by atoms with van der Waals surface area (Å²) in [6, 6.07) is 0.194. The number of aromatic nitrogens is 2. The molecule has 18 heavy (non-hydrogen) atoms. The summed E-state index contributed by atoms with van der Waals surface area (Å²) in [6.45, 7) is 6.49. The highest BCUT2D eigenvalue weighted by Crippen LogP contribution is 2.37. The van der Waals surface area contributed by atoms with Gasteiger partial charge in [-0.3, -0.25) is 9.78 Å². The average molecular weight is 247 g/mol. The Morgan fingerprint density at radius 3 is 2.67 bits per heavy atom. The van der Waals surface area contributed by atoms with Crippen molar-refractivity contribution < 1.29 is 4.79 Å². The van der Waals surface area contributed by atoms with Gasteiger partial charge in [-0.05, 0) is 17.8 Å². The number of nitrogens with one attached hydrogen (secondary N) is 1. The summed E-state index contributed by atoms with van der Waals surface area (Å²) in [5.41, 5.74) is 0.461. The zero-order chi connectivity index (χ0) is 13.2. The van der Waals surface area contributed by atoms with Gasteiger partial charge in [-0.1, -0.05) is 33.6 Å². The molecular formula is C14H21N3O. The normalized spacial score (nSPS) is 17.3. The molecule has 1 heterocycles. The third-order valence-electron chi connectivity index (χ3n) is 3.41. The monoisotopic (exact) mass is 247 g/mol. The minimum absolute atomic E-state index is 0.0699. The molecule has 0 radical (unpaired) electrons. The second-order valence-corrected chi connectivity index (χ2v) is 6.16. The van der Waals surface area contributed by atoms with Crippen LogP contribution in [0.4, 0.5) is 0 Å². The predicted octanol–water partition coefficient (Wildman–Crippen LogP) is 2.42. The first-order valence-corrected chi connectivity index (χ1v) is 6.53. The Hall–Kier alpha value is -1.45. The van der Waals surface area contributed by atoms with Gasteiger partial charge in [-0.15, -0.1) is 0 Å². The highest BCUT2D eigenvalue weighted by Gasteiger charge is 2.33. The second-order valence-electron chi connectivity index (χ2n) is 6.16. The molecule has 1 N–H and O–H groups in total. The lowest BCUT2D eigenvalue weighted by molar-refractivity contribution is 0.0889. The van der Waals surface area contributed by atoms with Gasteiger partial charge in [0.2, 0.25) is 0 Å². The summed E-state index contributed by atoms with van der Waals surface area (Å²) in [5.74, 6) is 0.667. The summed E-state index contributed by atoms with van der Waals surface area (Å²) in [5, 5.41) is 3.10. The summed E-state index contributed by atoms with van der Waals surface area (Å²) in [6.07, 6.45) is 8.28. The SMILES string of the molecule is CC(C)(C)C(CC1CC1)NC(=O)c1cnccn1. The van der Waals surface area contributed by atoms with Crippen molar-refractivity contribution in [2.75, 3.05) is 0 Å². The van der Waals surface area contributed by atoms with E-state index in [0.717, 1.165) is 12.3 Å².